The standard InChI is InChI=1S/C21H18FNO3S/c1-14-17-9-3-4-10-18(17)21-19(22)11-6-12-20(21)23(14)27(24,25)16-8-5-7-15(13-16)26-2/h3-14H,1-2H3. The lowest BCUT2D eigenvalue weighted by Gasteiger charge is -2.37. The zero-order valence-corrected chi connectivity index (χ0v) is 15.7. The average Bonchev–Trinajstić information content (AvgIpc) is 2.68. The third kappa shape index (κ3) is 2.68. The second-order valence-corrected chi connectivity index (χ2v) is 8.19. The average molecular weight is 383 g/mol. The third-order valence-electron chi connectivity index (χ3n) is 4.86. The lowest BCUT2D eigenvalue weighted by atomic mass is 9.90. The summed E-state index contributed by atoms with van der Waals surface area (Å²) in [5, 5.41) is 0. The monoisotopic (exact) mass is 383 g/mol. The summed E-state index contributed by atoms with van der Waals surface area (Å²) in [6, 6.07) is 17.7. The second-order valence-electron chi connectivity index (χ2n) is 6.38. The molecule has 138 valence electrons. The summed E-state index contributed by atoms with van der Waals surface area (Å²) in [4.78, 5) is 0.100. The van der Waals surface area contributed by atoms with E-state index in [9.17, 15) is 12.8 Å². The first-order valence-electron chi connectivity index (χ1n) is 8.51. The molecule has 1 atom stereocenters. The van der Waals surface area contributed by atoms with E-state index in [1.165, 1.54) is 35.7 Å². The predicted octanol–water partition coefficient (Wildman–Crippen LogP) is 4.77. The summed E-state index contributed by atoms with van der Waals surface area (Å²) in [5.74, 6) is -0.00158. The van der Waals surface area contributed by atoms with Gasteiger partial charge in [0.05, 0.1) is 23.7 Å². The van der Waals surface area contributed by atoms with Crippen LogP contribution in [0, 0.1) is 5.82 Å². The maximum Gasteiger partial charge on any atom is 0.265 e. The molecule has 1 aliphatic rings. The fourth-order valence-corrected chi connectivity index (χ4v) is 5.28. The fourth-order valence-electron chi connectivity index (χ4n) is 3.60. The van der Waals surface area contributed by atoms with Crippen LogP contribution < -0.4 is 9.04 Å². The Morgan fingerprint density at radius 1 is 1.00 bits per heavy atom. The van der Waals surface area contributed by atoms with Crippen molar-refractivity contribution in [1.82, 2.24) is 0 Å². The van der Waals surface area contributed by atoms with Crippen LogP contribution in [0.15, 0.2) is 71.6 Å². The zero-order chi connectivity index (χ0) is 19.2. The van der Waals surface area contributed by atoms with Crippen molar-refractivity contribution in [3.63, 3.8) is 0 Å². The van der Waals surface area contributed by atoms with E-state index in [4.69, 9.17) is 4.74 Å². The zero-order valence-electron chi connectivity index (χ0n) is 14.9. The van der Waals surface area contributed by atoms with E-state index in [2.05, 4.69) is 0 Å². The molecule has 0 aliphatic carbocycles. The quantitative estimate of drug-likeness (QED) is 0.654. The number of rotatable bonds is 3. The number of benzene rings is 3. The number of halogens is 1. The van der Waals surface area contributed by atoms with Gasteiger partial charge in [0.1, 0.15) is 11.6 Å². The number of anilines is 1. The smallest absolute Gasteiger partial charge is 0.265 e. The van der Waals surface area contributed by atoms with Crippen LogP contribution in [0.25, 0.3) is 11.1 Å². The first-order chi connectivity index (χ1) is 12.9. The van der Waals surface area contributed by atoms with Crippen molar-refractivity contribution in [3.05, 3.63) is 78.1 Å². The van der Waals surface area contributed by atoms with Crippen molar-refractivity contribution in [2.45, 2.75) is 17.9 Å². The van der Waals surface area contributed by atoms with Crippen LogP contribution in [0.2, 0.25) is 0 Å². The van der Waals surface area contributed by atoms with Crippen molar-refractivity contribution in [3.8, 4) is 16.9 Å². The molecule has 3 aromatic rings. The highest BCUT2D eigenvalue weighted by atomic mass is 32.2. The van der Waals surface area contributed by atoms with Gasteiger partial charge in [-0.15, -0.1) is 0 Å². The highest BCUT2D eigenvalue weighted by Gasteiger charge is 2.37. The molecule has 6 heteroatoms. The number of sulfonamides is 1. The minimum atomic E-state index is -3.93. The number of fused-ring (bicyclic) bond motifs is 3. The molecule has 0 saturated heterocycles. The van der Waals surface area contributed by atoms with Crippen LogP contribution in [0.4, 0.5) is 10.1 Å². The minimum absolute atomic E-state index is 0.100. The van der Waals surface area contributed by atoms with E-state index in [1.807, 2.05) is 31.2 Å². The fraction of sp³-hybridized carbons (Fsp3) is 0.143. The molecule has 0 radical (unpaired) electrons. The van der Waals surface area contributed by atoms with E-state index in [-0.39, 0.29) is 4.90 Å². The number of methoxy groups -OCH3 is 1. The van der Waals surface area contributed by atoms with Crippen LogP contribution in [0.3, 0.4) is 0 Å². The van der Waals surface area contributed by atoms with Gasteiger partial charge in [-0.1, -0.05) is 36.4 Å². The molecule has 0 saturated carbocycles. The van der Waals surface area contributed by atoms with Gasteiger partial charge < -0.3 is 4.74 Å². The molecule has 1 unspecified atom stereocenters. The maximum absolute atomic E-state index is 14.7. The minimum Gasteiger partial charge on any atom is -0.497 e. The summed E-state index contributed by atoms with van der Waals surface area (Å²) in [6.07, 6.45) is 0. The molecule has 0 fully saturated rings. The molecule has 0 bridgehead atoms. The Kier molecular flexibility index (Phi) is 4.15. The van der Waals surface area contributed by atoms with Crippen molar-refractivity contribution in [1.29, 1.82) is 0 Å². The Balaban J connectivity index is 1.98. The van der Waals surface area contributed by atoms with Crippen molar-refractivity contribution >= 4 is 15.7 Å². The Labute approximate surface area is 157 Å². The molecule has 1 aliphatic heterocycles. The van der Waals surface area contributed by atoms with Crippen LogP contribution in [-0.2, 0) is 10.0 Å². The normalized spacial score (nSPS) is 15.8. The lowest BCUT2D eigenvalue weighted by Crippen LogP contribution is -2.36. The number of hydrogen-bond acceptors (Lipinski definition) is 3. The topological polar surface area (TPSA) is 46.6 Å². The molecular weight excluding hydrogens is 365 g/mol. The van der Waals surface area contributed by atoms with Gasteiger partial charge in [-0.3, -0.25) is 4.31 Å². The summed E-state index contributed by atoms with van der Waals surface area (Å²) in [7, 11) is -2.45. The predicted molar refractivity (Wildman–Crippen MR) is 103 cm³/mol. The van der Waals surface area contributed by atoms with Crippen molar-refractivity contribution in [2.75, 3.05) is 11.4 Å². The number of hydrogen-bond donors (Lipinski definition) is 0. The van der Waals surface area contributed by atoms with Gasteiger partial charge in [0.25, 0.3) is 10.0 Å². The molecule has 3 aromatic carbocycles. The Morgan fingerprint density at radius 2 is 1.74 bits per heavy atom. The molecule has 4 nitrogen and oxygen atoms in total. The molecule has 1 heterocycles. The largest absolute Gasteiger partial charge is 0.497 e. The van der Waals surface area contributed by atoms with Gasteiger partial charge >= 0.3 is 0 Å². The van der Waals surface area contributed by atoms with Crippen molar-refractivity contribution < 1.29 is 17.5 Å². The number of nitrogens with zero attached hydrogens (tertiary/aromatic N) is 1. The first-order valence-corrected chi connectivity index (χ1v) is 9.95. The first kappa shape index (κ1) is 17.5. The lowest BCUT2D eigenvalue weighted by molar-refractivity contribution is 0.413. The SMILES string of the molecule is COc1cccc(S(=O)(=O)N2c3cccc(F)c3-c3ccccc3C2C)c1. The second kappa shape index (κ2) is 6.39. The molecule has 0 amide bonds. The summed E-state index contributed by atoms with van der Waals surface area (Å²) in [5.41, 5.74) is 2.12. The van der Waals surface area contributed by atoms with Crippen LogP contribution in [0.5, 0.6) is 5.75 Å². The highest BCUT2D eigenvalue weighted by molar-refractivity contribution is 7.92. The Hall–Kier alpha value is -2.86. The van der Waals surface area contributed by atoms with Crippen LogP contribution in [0.1, 0.15) is 18.5 Å². The van der Waals surface area contributed by atoms with E-state index >= 15 is 0 Å². The van der Waals surface area contributed by atoms with Crippen LogP contribution >= 0.6 is 0 Å². The van der Waals surface area contributed by atoms with E-state index in [0.29, 0.717) is 17.0 Å². The van der Waals surface area contributed by atoms with Gasteiger partial charge in [0.15, 0.2) is 0 Å². The summed E-state index contributed by atoms with van der Waals surface area (Å²) in [6.45, 7) is 1.81. The Bertz CT molecular complexity index is 1130. The summed E-state index contributed by atoms with van der Waals surface area (Å²) < 4.78 is 48.2. The molecule has 0 N–H and O–H groups in total. The molecule has 0 aromatic heterocycles. The number of ether oxygens (including phenoxy) is 1. The van der Waals surface area contributed by atoms with Gasteiger partial charge in [-0.2, -0.15) is 0 Å². The van der Waals surface area contributed by atoms with Crippen molar-refractivity contribution in [2.24, 2.45) is 0 Å². The maximum atomic E-state index is 14.7. The molecule has 0 spiro atoms. The summed E-state index contributed by atoms with van der Waals surface area (Å²) >= 11 is 0. The molecule has 27 heavy (non-hydrogen) atoms. The van der Waals surface area contributed by atoms with E-state index in [1.54, 1.807) is 18.2 Å². The Morgan fingerprint density at radius 3 is 2.52 bits per heavy atom. The van der Waals surface area contributed by atoms with Gasteiger partial charge in [0, 0.05) is 11.6 Å². The van der Waals surface area contributed by atoms with Gasteiger partial charge in [0.2, 0.25) is 0 Å². The third-order valence-corrected chi connectivity index (χ3v) is 6.74. The van der Waals surface area contributed by atoms with E-state index < -0.39 is 21.9 Å². The van der Waals surface area contributed by atoms with E-state index in [0.717, 1.165) is 11.1 Å². The van der Waals surface area contributed by atoms with Gasteiger partial charge in [-0.05, 0) is 42.3 Å². The van der Waals surface area contributed by atoms with Gasteiger partial charge in [-0.25, -0.2) is 12.8 Å². The van der Waals surface area contributed by atoms with Crippen LogP contribution in [-0.4, -0.2) is 15.5 Å². The molecular formula is C21H18FNO3S. The molecule has 4 rings (SSSR count). The highest BCUT2D eigenvalue weighted by Crippen LogP contribution is 2.48.